The fraction of sp³-hybridized carbons (Fsp3) is 0.300. The van der Waals surface area contributed by atoms with Gasteiger partial charge in [0.1, 0.15) is 0 Å². The van der Waals surface area contributed by atoms with Gasteiger partial charge in [0.15, 0.2) is 0 Å². The molecular weight excluding hydrogens is 282 g/mol. The number of hydrogen-bond acceptors (Lipinski definition) is 3. The van der Waals surface area contributed by atoms with Crippen molar-refractivity contribution in [3.63, 3.8) is 0 Å². The normalized spacial score (nSPS) is 14.3. The van der Waals surface area contributed by atoms with Crippen molar-refractivity contribution in [2.24, 2.45) is 0 Å². The fourth-order valence-electron chi connectivity index (χ4n) is 3.00. The van der Waals surface area contributed by atoms with Crippen molar-refractivity contribution >= 4 is 11.4 Å². The summed E-state index contributed by atoms with van der Waals surface area (Å²) in [6, 6.07) is 18.9. The van der Waals surface area contributed by atoms with Crippen molar-refractivity contribution in [1.82, 2.24) is 5.32 Å². The first-order valence-corrected chi connectivity index (χ1v) is 8.40. The number of anilines is 2. The van der Waals surface area contributed by atoms with Gasteiger partial charge in [-0.25, -0.2) is 0 Å². The van der Waals surface area contributed by atoms with E-state index in [0.29, 0.717) is 0 Å². The summed E-state index contributed by atoms with van der Waals surface area (Å²) in [4.78, 5) is 2.47. The maximum atomic E-state index is 4.11. The zero-order chi connectivity index (χ0) is 15.9. The van der Waals surface area contributed by atoms with Gasteiger partial charge in [-0.15, -0.1) is 0 Å². The molecule has 1 fully saturated rings. The highest BCUT2D eigenvalue weighted by atomic mass is 15.2. The van der Waals surface area contributed by atoms with E-state index in [9.17, 15) is 0 Å². The Hall–Kier alpha value is -2.42. The number of hydrogen-bond donors (Lipinski definition) is 2. The lowest BCUT2D eigenvalue weighted by atomic mass is 10.1. The summed E-state index contributed by atoms with van der Waals surface area (Å²) in [6.45, 7) is 7.17. The van der Waals surface area contributed by atoms with Crippen LogP contribution in [0.15, 0.2) is 67.0 Å². The molecule has 0 amide bonds. The third kappa shape index (κ3) is 4.28. The lowest BCUT2D eigenvalue weighted by Crippen LogP contribution is -2.30. The minimum Gasteiger partial charge on any atom is -0.370 e. The van der Waals surface area contributed by atoms with Crippen molar-refractivity contribution in [3.05, 3.63) is 72.6 Å². The van der Waals surface area contributed by atoms with Crippen molar-refractivity contribution in [2.45, 2.75) is 25.8 Å². The Balaban J connectivity index is 1.62. The molecule has 120 valence electrons. The summed E-state index contributed by atoms with van der Waals surface area (Å²) in [5, 5.41) is 6.78. The monoisotopic (exact) mass is 307 g/mol. The molecule has 2 aromatic rings. The van der Waals surface area contributed by atoms with Gasteiger partial charge in [-0.3, -0.25) is 0 Å². The van der Waals surface area contributed by atoms with E-state index in [1.54, 1.807) is 0 Å². The predicted octanol–water partition coefficient (Wildman–Crippen LogP) is 4.35. The van der Waals surface area contributed by atoms with E-state index in [-0.39, 0.29) is 0 Å². The van der Waals surface area contributed by atoms with Crippen LogP contribution >= 0.6 is 0 Å². The predicted molar refractivity (Wildman–Crippen MR) is 98.6 cm³/mol. The van der Waals surface area contributed by atoms with Gasteiger partial charge in [0, 0.05) is 19.6 Å². The van der Waals surface area contributed by atoms with E-state index in [0.717, 1.165) is 31.1 Å². The molecule has 3 rings (SSSR count). The van der Waals surface area contributed by atoms with Gasteiger partial charge < -0.3 is 15.5 Å². The van der Waals surface area contributed by atoms with Crippen LogP contribution in [-0.4, -0.2) is 13.1 Å². The molecule has 1 aliphatic heterocycles. The Morgan fingerprint density at radius 3 is 2.39 bits per heavy atom. The number of para-hydroxylation sites is 2. The number of benzene rings is 2. The van der Waals surface area contributed by atoms with E-state index >= 15 is 0 Å². The molecule has 0 unspecified atom stereocenters. The first-order valence-electron chi connectivity index (χ1n) is 8.40. The summed E-state index contributed by atoms with van der Waals surface area (Å²) >= 11 is 0. The van der Waals surface area contributed by atoms with Crippen LogP contribution in [0.1, 0.15) is 24.8 Å². The van der Waals surface area contributed by atoms with Crippen LogP contribution in [0.3, 0.4) is 0 Å². The molecule has 3 nitrogen and oxygen atoms in total. The molecule has 0 radical (unpaired) electrons. The van der Waals surface area contributed by atoms with Crippen molar-refractivity contribution < 1.29 is 0 Å². The second-order valence-corrected chi connectivity index (χ2v) is 6.01. The molecular formula is C20H25N3. The van der Waals surface area contributed by atoms with E-state index in [2.05, 4.69) is 70.6 Å². The summed E-state index contributed by atoms with van der Waals surface area (Å²) in [5.74, 6) is 0.832. The molecule has 2 N–H and O–H groups in total. The first-order chi connectivity index (χ1) is 11.3. The third-order valence-corrected chi connectivity index (χ3v) is 4.24. The van der Waals surface area contributed by atoms with Gasteiger partial charge in [-0.05, 0) is 37.0 Å². The molecule has 23 heavy (non-hydrogen) atoms. The van der Waals surface area contributed by atoms with Gasteiger partial charge >= 0.3 is 0 Å². The Kier molecular flexibility index (Phi) is 5.20. The number of piperidine rings is 1. The quantitative estimate of drug-likeness (QED) is 0.831. The molecule has 3 heteroatoms. The van der Waals surface area contributed by atoms with Crippen LogP contribution < -0.4 is 15.5 Å². The van der Waals surface area contributed by atoms with E-state index in [4.69, 9.17) is 0 Å². The topological polar surface area (TPSA) is 27.3 Å². The van der Waals surface area contributed by atoms with Crippen molar-refractivity contribution in [1.29, 1.82) is 0 Å². The standard InChI is InChI=1S/C20H25N3/c1-17(21-16-18-10-4-2-5-11-18)22-19-12-6-7-13-20(19)23-14-8-3-9-15-23/h2,4-7,10-13,21-22H,1,3,8-9,14-16H2. The van der Waals surface area contributed by atoms with Gasteiger partial charge in [0.05, 0.1) is 17.2 Å². The minimum atomic E-state index is 0.776. The molecule has 1 saturated heterocycles. The van der Waals surface area contributed by atoms with E-state index < -0.39 is 0 Å². The molecule has 0 aromatic heterocycles. The van der Waals surface area contributed by atoms with Crippen LogP contribution in [0.4, 0.5) is 11.4 Å². The average molecular weight is 307 g/mol. The number of rotatable bonds is 6. The second-order valence-electron chi connectivity index (χ2n) is 6.01. The lowest BCUT2D eigenvalue weighted by Gasteiger charge is -2.31. The Labute approximate surface area is 139 Å². The van der Waals surface area contributed by atoms with Gasteiger partial charge in [-0.1, -0.05) is 49.0 Å². The summed E-state index contributed by atoms with van der Waals surface area (Å²) < 4.78 is 0. The molecule has 0 spiro atoms. The van der Waals surface area contributed by atoms with Gasteiger partial charge in [0.2, 0.25) is 0 Å². The average Bonchev–Trinajstić information content (AvgIpc) is 2.62. The third-order valence-electron chi connectivity index (χ3n) is 4.24. The fourth-order valence-corrected chi connectivity index (χ4v) is 3.00. The van der Waals surface area contributed by atoms with Crippen LogP contribution in [-0.2, 0) is 6.54 Å². The van der Waals surface area contributed by atoms with E-state index in [1.807, 2.05) is 6.07 Å². The van der Waals surface area contributed by atoms with Crippen LogP contribution in [0.2, 0.25) is 0 Å². The largest absolute Gasteiger partial charge is 0.370 e. The van der Waals surface area contributed by atoms with Gasteiger partial charge in [-0.2, -0.15) is 0 Å². The van der Waals surface area contributed by atoms with Crippen LogP contribution in [0, 0.1) is 0 Å². The zero-order valence-corrected chi connectivity index (χ0v) is 13.6. The highest BCUT2D eigenvalue weighted by Gasteiger charge is 2.14. The van der Waals surface area contributed by atoms with Crippen molar-refractivity contribution in [2.75, 3.05) is 23.3 Å². The molecule has 0 atom stereocenters. The first kappa shape index (κ1) is 15.5. The van der Waals surface area contributed by atoms with Gasteiger partial charge in [0.25, 0.3) is 0 Å². The summed E-state index contributed by atoms with van der Waals surface area (Å²) in [7, 11) is 0. The zero-order valence-electron chi connectivity index (χ0n) is 13.6. The summed E-state index contributed by atoms with van der Waals surface area (Å²) in [5.41, 5.74) is 3.65. The van der Waals surface area contributed by atoms with Crippen LogP contribution in [0.5, 0.6) is 0 Å². The second kappa shape index (κ2) is 7.73. The lowest BCUT2D eigenvalue weighted by molar-refractivity contribution is 0.578. The smallest absolute Gasteiger partial charge is 0.0960 e. The summed E-state index contributed by atoms with van der Waals surface area (Å²) in [6.07, 6.45) is 3.90. The molecule has 2 aromatic carbocycles. The molecule has 1 aliphatic rings. The number of nitrogens with one attached hydrogen (secondary N) is 2. The van der Waals surface area contributed by atoms with Crippen molar-refractivity contribution in [3.8, 4) is 0 Å². The minimum absolute atomic E-state index is 0.776. The Morgan fingerprint density at radius 2 is 1.61 bits per heavy atom. The highest BCUT2D eigenvalue weighted by Crippen LogP contribution is 2.28. The van der Waals surface area contributed by atoms with E-state index in [1.165, 1.54) is 30.5 Å². The molecule has 1 heterocycles. The maximum Gasteiger partial charge on any atom is 0.0960 e. The molecule has 0 aliphatic carbocycles. The Morgan fingerprint density at radius 1 is 0.913 bits per heavy atom. The maximum absolute atomic E-state index is 4.11. The molecule has 0 bridgehead atoms. The number of nitrogens with zero attached hydrogens (tertiary/aromatic N) is 1. The SMILES string of the molecule is C=C(NCc1ccccc1)Nc1ccccc1N1CCCCC1. The Bertz CT molecular complexity index is 630. The van der Waals surface area contributed by atoms with Crippen LogP contribution in [0.25, 0.3) is 0 Å². The highest BCUT2D eigenvalue weighted by molar-refractivity contribution is 5.71. The molecule has 0 saturated carbocycles.